The minimum absolute atomic E-state index is 0.140. The molecule has 3 nitrogen and oxygen atoms in total. The van der Waals surface area contributed by atoms with Crippen molar-refractivity contribution in [1.29, 1.82) is 0 Å². The van der Waals surface area contributed by atoms with Crippen LogP contribution in [0.5, 0.6) is 0 Å². The monoisotopic (exact) mass is 383 g/mol. The molecule has 0 aliphatic carbocycles. The van der Waals surface area contributed by atoms with Crippen LogP contribution in [0.2, 0.25) is 0 Å². The van der Waals surface area contributed by atoms with Crippen molar-refractivity contribution in [3.8, 4) is 0 Å². The summed E-state index contributed by atoms with van der Waals surface area (Å²) in [4.78, 5) is 11.1. The molecule has 0 spiro atoms. The zero-order chi connectivity index (χ0) is 12.4. The Balaban J connectivity index is 0.00000106. The first-order valence-electron chi connectivity index (χ1n) is 4.75. The van der Waals surface area contributed by atoms with Crippen molar-refractivity contribution in [2.24, 2.45) is 0 Å². The third kappa shape index (κ3) is 8.05. The van der Waals surface area contributed by atoms with E-state index >= 15 is 0 Å². The van der Waals surface area contributed by atoms with Gasteiger partial charge in [0.05, 0.1) is 0 Å². The third-order valence-electron chi connectivity index (χ3n) is 1.58. The number of hydrogen-bond acceptors (Lipinski definition) is 2. The maximum atomic E-state index is 11.1. The molecule has 0 saturated heterocycles. The van der Waals surface area contributed by atoms with Gasteiger partial charge in [0, 0.05) is 0 Å². The van der Waals surface area contributed by atoms with Crippen LogP contribution in [-0.2, 0) is 26.1 Å². The van der Waals surface area contributed by atoms with Gasteiger partial charge < -0.3 is 17.0 Å². The Morgan fingerprint density at radius 1 is 1.50 bits per heavy atom. The van der Waals surface area contributed by atoms with E-state index in [2.05, 4.69) is 32.0 Å². The summed E-state index contributed by atoms with van der Waals surface area (Å²) in [7, 11) is 0. The molecule has 1 N–H and O–H groups in total. The molecule has 1 aromatic carbocycles. The van der Waals surface area contributed by atoms with E-state index in [1.54, 1.807) is 6.92 Å². The van der Waals surface area contributed by atoms with Gasteiger partial charge in [0.2, 0.25) is 0 Å². The van der Waals surface area contributed by atoms with Gasteiger partial charge in [-0.25, -0.2) is 4.79 Å². The molecule has 1 amide bonds. The van der Waals surface area contributed by atoms with Crippen molar-refractivity contribution in [3.05, 3.63) is 42.8 Å². The second kappa shape index (κ2) is 10.0. The van der Waals surface area contributed by atoms with E-state index in [1.807, 2.05) is 30.3 Å². The molecule has 0 heterocycles. The Bertz CT molecular complexity index is 293. The summed E-state index contributed by atoms with van der Waals surface area (Å²) in [6.45, 7) is 5.69. The number of amides is 1. The van der Waals surface area contributed by atoms with Crippen LogP contribution in [0.25, 0.3) is 0 Å². The Hall–Kier alpha value is -0.157. The molecule has 0 saturated carbocycles. The fourth-order valence-electron chi connectivity index (χ4n) is 0.966. The Kier molecular flexibility index (Phi) is 9.93. The number of halogens is 1. The van der Waals surface area contributed by atoms with Crippen LogP contribution in [0.4, 0.5) is 4.79 Å². The molecule has 5 heteroatoms. The number of benzene rings is 1. The first-order valence-corrected chi connectivity index (χ1v) is 13.8. The van der Waals surface area contributed by atoms with Crippen LogP contribution in [0.3, 0.4) is 0 Å². The molecule has 16 heavy (non-hydrogen) atoms. The molecule has 1 rings (SSSR count). The maximum absolute atomic E-state index is 11.1. The normalized spacial score (nSPS) is 10.8. The van der Waals surface area contributed by atoms with Gasteiger partial charge in [-0.1, -0.05) is 43.3 Å². The number of nitrogens with one attached hydrogen (secondary N) is 1. The number of ether oxygens (including phenoxy) is 1. The van der Waals surface area contributed by atoms with Gasteiger partial charge in [0.1, 0.15) is 6.61 Å². The molecule has 0 unspecified atom stereocenters. The Labute approximate surface area is 117 Å². The third-order valence-corrected chi connectivity index (χ3v) is 1.58. The van der Waals surface area contributed by atoms with Gasteiger partial charge >= 0.3 is 40.6 Å². The quantitative estimate of drug-likeness (QED) is 0.494. The SMILES string of the molecule is [CH2-][C@@H](C)NC(=O)OCc1ccccc1.[Zn+][I]. The summed E-state index contributed by atoms with van der Waals surface area (Å²) < 4.78 is 4.95. The van der Waals surface area contributed by atoms with Crippen LogP contribution in [0.1, 0.15) is 12.5 Å². The molecule has 0 radical (unpaired) electrons. The van der Waals surface area contributed by atoms with E-state index in [0.717, 1.165) is 5.56 Å². The molecular formula is C11H14INO2Zn. The molecule has 1 aromatic rings. The van der Waals surface area contributed by atoms with Crippen molar-refractivity contribution in [2.45, 2.75) is 19.6 Å². The van der Waals surface area contributed by atoms with Crippen LogP contribution in [0.15, 0.2) is 30.3 Å². The molecule has 84 valence electrons. The summed E-state index contributed by atoms with van der Waals surface area (Å²) >= 11 is 3.62. The fraction of sp³-hybridized carbons (Fsp3) is 0.273. The van der Waals surface area contributed by atoms with Crippen molar-refractivity contribution in [2.75, 3.05) is 0 Å². The van der Waals surface area contributed by atoms with E-state index in [4.69, 9.17) is 4.74 Å². The number of rotatable bonds is 3. The van der Waals surface area contributed by atoms with Gasteiger partial charge in [0.15, 0.2) is 0 Å². The average Bonchev–Trinajstić information content (AvgIpc) is 2.30. The van der Waals surface area contributed by atoms with Crippen molar-refractivity contribution >= 4 is 25.8 Å². The summed E-state index contributed by atoms with van der Waals surface area (Å²) in [6, 6.07) is 9.39. The molecule has 0 aromatic heterocycles. The molecule has 0 aliphatic heterocycles. The van der Waals surface area contributed by atoms with E-state index < -0.39 is 6.09 Å². The predicted molar refractivity (Wildman–Crippen MR) is 68.6 cm³/mol. The van der Waals surface area contributed by atoms with E-state index in [0.29, 0.717) is 6.61 Å². The average molecular weight is 385 g/mol. The summed E-state index contributed by atoms with van der Waals surface area (Å²) in [6.07, 6.45) is -0.434. The van der Waals surface area contributed by atoms with E-state index in [9.17, 15) is 4.79 Å². The Morgan fingerprint density at radius 3 is 2.56 bits per heavy atom. The van der Waals surface area contributed by atoms with Crippen LogP contribution >= 0.6 is 19.8 Å². The van der Waals surface area contributed by atoms with Gasteiger partial charge in [-0.3, -0.25) is 0 Å². The van der Waals surface area contributed by atoms with Crippen LogP contribution < -0.4 is 5.32 Å². The second-order valence-corrected chi connectivity index (χ2v) is 3.11. The first kappa shape index (κ1) is 15.8. The number of carbonyl (C=O) groups excluding carboxylic acids is 1. The van der Waals surface area contributed by atoms with Crippen molar-refractivity contribution < 1.29 is 24.3 Å². The first-order chi connectivity index (χ1) is 7.68. The number of hydrogen-bond donors (Lipinski definition) is 1. The van der Waals surface area contributed by atoms with Gasteiger partial charge in [-0.2, -0.15) is 0 Å². The van der Waals surface area contributed by atoms with Gasteiger partial charge in [-0.05, 0) is 5.56 Å². The van der Waals surface area contributed by atoms with Crippen molar-refractivity contribution in [3.63, 3.8) is 0 Å². The molecular weight excluding hydrogens is 370 g/mol. The fourth-order valence-corrected chi connectivity index (χ4v) is 0.966. The minimum atomic E-state index is -0.434. The van der Waals surface area contributed by atoms with Gasteiger partial charge in [0.25, 0.3) is 0 Å². The van der Waals surface area contributed by atoms with Crippen molar-refractivity contribution in [1.82, 2.24) is 5.32 Å². The van der Waals surface area contributed by atoms with Crippen LogP contribution in [0, 0.1) is 6.92 Å². The summed E-state index contributed by atoms with van der Waals surface area (Å²) in [5.41, 5.74) is 0.972. The summed E-state index contributed by atoms with van der Waals surface area (Å²) in [5.74, 6) is 0. The number of alkyl carbamates (subject to hydrolysis) is 1. The van der Waals surface area contributed by atoms with E-state index in [-0.39, 0.29) is 6.04 Å². The Morgan fingerprint density at radius 2 is 2.06 bits per heavy atom. The summed E-state index contributed by atoms with van der Waals surface area (Å²) in [5, 5.41) is 2.54. The second-order valence-electron chi connectivity index (χ2n) is 3.11. The molecule has 0 fully saturated rings. The molecule has 1 atom stereocenters. The predicted octanol–water partition coefficient (Wildman–Crippen LogP) is 3.02. The zero-order valence-corrected chi connectivity index (χ0v) is 14.4. The van der Waals surface area contributed by atoms with E-state index in [1.165, 1.54) is 14.8 Å². The number of carbonyl (C=O) groups is 1. The van der Waals surface area contributed by atoms with Crippen LogP contribution in [-0.4, -0.2) is 12.1 Å². The standard InChI is InChI=1S/C11H14NO2.HI.Zn/c1-9(2)12-11(13)14-8-10-6-4-3-5-7-10;;/h3-7,9H,1,8H2,2H3,(H,12,13);1H;/q-1;;+2/p-1/t9-;;/m0../s1. The van der Waals surface area contributed by atoms with Gasteiger partial charge in [-0.15, -0.1) is 0 Å². The zero-order valence-electron chi connectivity index (χ0n) is 9.28. The molecule has 0 aliphatic rings. The molecule has 0 bridgehead atoms. The topological polar surface area (TPSA) is 38.3 Å².